The minimum atomic E-state index is -1.13. The molecule has 3 N–H and O–H groups in total. The predicted molar refractivity (Wildman–Crippen MR) is 78.5 cm³/mol. The topological polar surface area (TPSA) is 66.6 Å². The Kier molecular flexibility index (Phi) is 5.36. The maximum absolute atomic E-state index is 11.0. The molecule has 0 fully saturated rings. The summed E-state index contributed by atoms with van der Waals surface area (Å²) in [5, 5.41) is 8.99. The summed E-state index contributed by atoms with van der Waals surface area (Å²) in [7, 11) is 0. The van der Waals surface area contributed by atoms with Crippen LogP contribution in [0.3, 0.4) is 0 Å². The molecule has 4 heteroatoms. The number of carbonyl (C=O) groups is 1. The summed E-state index contributed by atoms with van der Waals surface area (Å²) in [6, 6.07) is 8.23. The number of nitrogens with zero attached hydrogens (tertiary/aromatic N) is 1. The third-order valence-electron chi connectivity index (χ3n) is 3.45. The zero-order valence-electron chi connectivity index (χ0n) is 12.0. The number of nitrogens with two attached hydrogens (primary N) is 1. The molecule has 0 heterocycles. The average molecular weight is 264 g/mol. The molecule has 0 aliphatic heterocycles. The number of para-hydroxylation sites is 1. The minimum Gasteiger partial charge on any atom is -0.480 e. The van der Waals surface area contributed by atoms with Crippen LogP contribution in [-0.2, 0) is 4.79 Å². The van der Waals surface area contributed by atoms with Gasteiger partial charge in [-0.15, -0.1) is 0 Å². The molecule has 0 saturated carbocycles. The minimum absolute atomic E-state index is 0.477. The van der Waals surface area contributed by atoms with Gasteiger partial charge in [-0.25, -0.2) is 0 Å². The lowest BCUT2D eigenvalue weighted by Gasteiger charge is -2.26. The van der Waals surface area contributed by atoms with Crippen LogP contribution in [0, 0.1) is 6.92 Å². The average Bonchev–Trinajstić information content (AvgIpc) is 2.35. The normalized spacial score (nSPS) is 13.9. The van der Waals surface area contributed by atoms with Crippen molar-refractivity contribution in [2.75, 3.05) is 18.0 Å². The summed E-state index contributed by atoms with van der Waals surface area (Å²) in [6.45, 7) is 7.48. The van der Waals surface area contributed by atoms with E-state index in [-0.39, 0.29) is 0 Å². The molecule has 0 saturated heterocycles. The number of hydrogen-bond donors (Lipinski definition) is 2. The van der Waals surface area contributed by atoms with E-state index >= 15 is 0 Å². The first-order valence-electron chi connectivity index (χ1n) is 6.71. The van der Waals surface area contributed by atoms with Crippen molar-refractivity contribution in [1.29, 1.82) is 0 Å². The Morgan fingerprint density at radius 2 is 2.05 bits per heavy atom. The number of carboxylic acids is 1. The van der Waals surface area contributed by atoms with E-state index in [1.807, 2.05) is 12.1 Å². The molecule has 106 valence electrons. The van der Waals surface area contributed by atoms with E-state index in [2.05, 4.69) is 30.9 Å². The molecule has 0 spiro atoms. The van der Waals surface area contributed by atoms with Crippen LogP contribution in [0.1, 0.15) is 32.3 Å². The smallest absolute Gasteiger partial charge is 0.323 e. The van der Waals surface area contributed by atoms with Crippen LogP contribution in [0.25, 0.3) is 0 Å². The molecule has 0 bridgehead atoms. The lowest BCUT2D eigenvalue weighted by molar-refractivity contribution is -0.142. The third kappa shape index (κ3) is 4.24. The van der Waals surface area contributed by atoms with Crippen molar-refractivity contribution in [2.45, 2.75) is 39.2 Å². The molecule has 1 aromatic rings. The van der Waals surface area contributed by atoms with E-state index in [1.165, 1.54) is 11.3 Å². The van der Waals surface area contributed by atoms with E-state index in [0.29, 0.717) is 6.42 Å². The number of rotatable bonds is 7. The standard InChI is InChI=1S/C15H24N2O2/c1-4-17(13-9-6-5-8-12(13)2)11-7-10-15(3,16)14(18)19/h5-6,8-9H,4,7,10-11,16H2,1-3H3,(H,18,19). The van der Waals surface area contributed by atoms with Crippen LogP contribution >= 0.6 is 0 Å². The van der Waals surface area contributed by atoms with E-state index in [4.69, 9.17) is 10.8 Å². The number of carboxylic acid groups (broad SMARTS) is 1. The first-order chi connectivity index (χ1) is 8.88. The monoisotopic (exact) mass is 264 g/mol. The predicted octanol–water partition coefficient (Wildman–Crippen LogP) is 2.40. The van der Waals surface area contributed by atoms with Crippen molar-refractivity contribution in [2.24, 2.45) is 5.73 Å². The molecular weight excluding hydrogens is 240 g/mol. The molecule has 0 aliphatic carbocycles. The van der Waals surface area contributed by atoms with Crippen molar-refractivity contribution >= 4 is 11.7 Å². The largest absolute Gasteiger partial charge is 0.480 e. The van der Waals surface area contributed by atoms with E-state index in [9.17, 15) is 4.79 Å². The lowest BCUT2D eigenvalue weighted by atomic mass is 9.97. The molecule has 4 nitrogen and oxygen atoms in total. The number of aryl methyl sites for hydroxylation is 1. The molecule has 0 aromatic heterocycles. The summed E-state index contributed by atoms with van der Waals surface area (Å²) in [6.07, 6.45) is 1.24. The Balaban J connectivity index is 2.60. The molecule has 1 atom stereocenters. The van der Waals surface area contributed by atoms with Gasteiger partial charge in [-0.2, -0.15) is 0 Å². The van der Waals surface area contributed by atoms with Gasteiger partial charge in [0.2, 0.25) is 0 Å². The highest BCUT2D eigenvalue weighted by molar-refractivity contribution is 5.77. The lowest BCUT2D eigenvalue weighted by Crippen LogP contribution is -2.45. The number of anilines is 1. The second-order valence-corrected chi connectivity index (χ2v) is 5.19. The second-order valence-electron chi connectivity index (χ2n) is 5.19. The summed E-state index contributed by atoms with van der Waals surface area (Å²) < 4.78 is 0. The summed E-state index contributed by atoms with van der Waals surface area (Å²) >= 11 is 0. The SMILES string of the molecule is CCN(CCCC(C)(N)C(=O)O)c1ccccc1C. The maximum atomic E-state index is 11.0. The van der Waals surface area contributed by atoms with E-state index < -0.39 is 11.5 Å². The van der Waals surface area contributed by atoms with Crippen molar-refractivity contribution < 1.29 is 9.90 Å². The van der Waals surface area contributed by atoms with Crippen molar-refractivity contribution in [3.05, 3.63) is 29.8 Å². The van der Waals surface area contributed by atoms with Crippen LogP contribution in [0.2, 0.25) is 0 Å². The quantitative estimate of drug-likeness (QED) is 0.793. The molecule has 1 rings (SSSR count). The summed E-state index contributed by atoms with van der Waals surface area (Å²) in [5.41, 5.74) is 7.05. The number of benzene rings is 1. The van der Waals surface area contributed by atoms with Crippen LogP contribution in [0.4, 0.5) is 5.69 Å². The highest BCUT2D eigenvalue weighted by Crippen LogP contribution is 2.20. The van der Waals surface area contributed by atoms with Gasteiger partial charge >= 0.3 is 5.97 Å². The van der Waals surface area contributed by atoms with Gasteiger partial charge in [0.25, 0.3) is 0 Å². The Bertz CT molecular complexity index is 430. The highest BCUT2D eigenvalue weighted by Gasteiger charge is 2.27. The second kappa shape index (κ2) is 6.57. The number of aliphatic carboxylic acids is 1. The first kappa shape index (κ1) is 15.5. The highest BCUT2D eigenvalue weighted by atomic mass is 16.4. The van der Waals surface area contributed by atoms with Gasteiger partial charge in [0.15, 0.2) is 0 Å². The van der Waals surface area contributed by atoms with Gasteiger partial charge in [-0.3, -0.25) is 4.79 Å². The van der Waals surface area contributed by atoms with Crippen molar-refractivity contribution in [3.63, 3.8) is 0 Å². The molecule has 0 amide bonds. The molecule has 0 radical (unpaired) electrons. The summed E-state index contributed by atoms with van der Waals surface area (Å²) in [4.78, 5) is 13.2. The zero-order chi connectivity index (χ0) is 14.5. The van der Waals surface area contributed by atoms with Crippen LogP contribution in [0.15, 0.2) is 24.3 Å². The number of hydrogen-bond acceptors (Lipinski definition) is 3. The molecular formula is C15H24N2O2. The fraction of sp³-hybridized carbons (Fsp3) is 0.533. The van der Waals surface area contributed by atoms with Crippen molar-refractivity contribution in [3.8, 4) is 0 Å². The van der Waals surface area contributed by atoms with Gasteiger partial charge in [0.1, 0.15) is 5.54 Å². The van der Waals surface area contributed by atoms with Gasteiger partial charge in [-0.05, 0) is 45.2 Å². The van der Waals surface area contributed by atoms with Gasteiger partial charge in [-0.1, -0.05) is 18.2 Å². The fourth-order valence-corrected chi connectivity index (χ4v) is 2.11. The van der Waals surface area contributed by atoms with Crippen LogP contribution < -0.4 is 10.6 Å². The zero-order valence-corrected chi connectivity index (χ0v) is 12.0. The Morgan fingerprint density at radius 3 is 2.58 bits per heavy atom. The van der Waals surface area contributed by atoms with E-state index in [0.717, 1.165) is 19.5 Å². The molecule has 1 unspecified atom stereocenters. The van der Waals surface area contributed by atoms with Crippen LogP contribution in [0.5, 0.6) is 0 Å². The molecule has 1 aromatic carbocycles. The van der Waals surface area contributed by atoms with Gasteiger partial charge in [0, 0.05) is 18.8 Å². The van der Waals surface area contributed by atoms with Gasteiger partial charge in [0.05, 0.1) is 0 Å². The maximum Gasteiger partial charge on any atom is 0.323 e. The fourth-order valence-electron chi connectivity index (χ4n) is 2.11. The van der Waals surface area contributed by atoms with Crippen molar-refractivity contribution in [1.82, 2.24) is 0 Å². The Labute approximate surface area is 115 Å². The van der Waals surface area contributed by atoms with Crippen LogP contribution in [-0.4, -0.2) is 29.7 Å². The summed E-state index contributed by atoms with van der Waals surface area (Å²) in [5.74, 6) is -0.938. The molecule has 0 aliphatic rings. The first-order valence-corrected chi connectivity index (χ1v) is 6.71. The Hall–Kier alpha value is -1.55. The molecule has 19 heavy (non-hydrogen) atoms. The van der Waals surface area contributed by atoms with Gasteiger partial charge < -0.3 is 15.7 Å². The van der Waals surface area contributed by atoms with E-state index in [1.54, 1.807) is 6.92 Å². The third-order valence-corrected chi connectivity index (χ3v) is 3.45. The Morgan fingerprint density at radius 1 is 1.42 bits per heavy atom.